The number of H-pyrrole nitrogens is 1. The van der Waals surface area contributed by atoms with Crippen LogP contribution in [0.15, 0.2) is 30.3 Å². The molecule has 0 aliphatic heterocycles. The van der Waals surface area contributed by atoms with E-state index >= 15 is 0 Å². The van der Waals surface area contributed by atoms with Crippen LogP contribution in [0.1, 0.15) is 23.9 Å². The number of hydrogen-bond acceptors (Lipinski definition) is 3. The first-order valence-corrected chi connectivity index (χ1v) is 7.83. The minimum Gasteiger partial charge on any atom is -0.352 e. The number of aromatic amines is 1. The van der Waals surface area contributed by atoms with Crippen molar-refractivity contribution in [1.29, 1.82) is 0 Å². The second-order valence-corrected chi connectivity index (χ2v) is 5.83. The average Bonchev–Trinajstić information content (AvgIpc) is 2.86. The first-order chi connectivity index (χ1) is 11.7. The van der Waals surface area contributed by atoms with Gasteiger partial charge in [-0.25, -0.2) is 0 Å². The van der Waals surface area contributed by atoms with Crippen LogP contribution in [0, 0.1) is 4.77 Å². The van der Waals surface area contributed by atoms with Crippen molar-refractivity contribution in [3.63, 3.8) is 0 Å². The fourth-order valence-electron chi connectivity index (χ4n) is 2.15. The third-order valence-electron chi connectivity index (χ3n) is 3.64. The minimum absolute atomic E-state index is 0.325. The van der Waals surface area contributed by atoms with Gasteiger partial charge < -0.3 is 9.88 Å². The molecule has 0 bridgehead atoms. The van der Waals surface area contributed by atoms with Gasteiger partial charge in [0.1, 0.15) is 5.82 Å². The SMILES string of the molecule is C/C(=C\C(=O)NCCc1n[nH]c(=S)n1C)c1ccc(C(F)(F)F)cc1. The van der Waals surface area contributed by atoms with Crippen LogP contribution in [0.5, 0.6) is 0 Å². The van der Waals surface area contributed by atoms with E-state index in [0.717, 1.165) is 12.1 Å². The van der Waals surface area contributed by atoms with E-state index in [9.17, 15) is 18.0 Å². The summed E-state index contributed by atoms with van der Waals surface area (Å²) in [6.07, 6.45) is -2.52. The van der Waals surface area contributed by atoms with Gasteiger partial charge in [0.2, 0.25) is 5.91 Å². The Hall–Kier alpha value is -2.42. The highest BCUT2D eigenvalue weighted by atomic mass is 32.1. The van der Waals surface area contributed by atoms with Gasteiger partial charge in [0.15, 0.2) is 4.77 Å². The largest absolute Gasteiger partial charge is 0.416 e. The Bertz CT molecular complexity index is 834. The molecule has 25 heavy (non-hydrogen) atoms. The van der Waals surface area contributed by atoms with Crippen molar-refractivity contribution >= 4 is 23.7 Å². The number of aromatic nitrogens is 3. The van der Waals surface area contributed by atoms with Crippen molar-refractivity contribution in [1.82, 2.24) is 20.1 Å². The second-order valence-electron chi connectivity index (χ2n) is 5.45. The lowest BCUT2D eigenvalue weighted by Crippen LogP contribution is -2.24. The number of benzene rings is 1. The first-order valence-electron chi connectivity index (χ1n) is 7.42. The van der Waals surface area contributed by atoms with Crippen LogP contribution < -0.4 is 5.32 Å². The van der Waals surface area contributed by atoms with Crippen LogP contribution in [0.2, 0.25) is 0 Å². The van der Waals surface area contributed by atoms with Gasteiger partial charge in [0.05, 0.1) is 5.56 Å². The fourth-order valence-corrected chi connectivity index (χ4v) is 2.30. The van der Waals surface area contributed by atoms with Crippen molar-refractivity contribution < 1.29 is 18.0 Å². The molecule has 0 unspecified atom stereocenters. The van der Waals surface area contributed by atoms with Gasteiger partial charge in [-0.15, -0.1) is 0 Å². The van der Waals surface area contributed by atoms with Crippen LogP contribution in [-0.4, -0.2) is 27.2 Å². The summed E-state index contributed by atoms with van der Waals surface area (Å²) >= 11 is 5.00. The van der Waals surface area contributed by atoms with E-state index in [-0.39, 0.29) is 5.91 Å². The molecule has 1 heterocycles. The van der Waals surface area contributed by atoms with Crippen molar-refractivity contribution in [2.75, 3.05) is 6.54 Å². The highest BCUT2D eigenvalue weighted by Crippen LogP contribution is 2.29. The maximum atomic E-state index is 12.5. The number of hydrogen-bond donors (Lipinski definition) is 2. The van der Waals surface area contributed by atoms with E-state index in [1.165, 1.54) is 18.2 Å². The molecule has 0 radical (unpaired) electrons. The molecule has 1 aromatic carbocycles. The molecule has 0 aliphatic carbocycles. The van der Waals surface area contributed by atoms with Gasteiger partial charge in [-0.1, -0.05) is 12.1 Å². The highest BCUT2D eigenvalue weighted by molar-refractivity contribution is 7.71. The molecule has 2 aromatic rings. The van der Waals surface area contributed by atoms with E-state index in [0.29, 0.717) is 34.7 Å². The lowest BCUT2D eigenvalue weighted by atomic mass is 10.0. The number of rotatable bonds is 5. The van der Waals surface area contributed by atoms with Gasteiger partial charge >= 0.3 is 6.18 Å². The molecular weight excluding hydrogens is 353 g/mol. The summed E-state index contributed by atoms with van der Waals surface area (Å²) in [6, 6.07) is 4.68. The zero-order valence-electron chi connectivity index (χ0n) is 13.6. The zero-order valence-corrected chi connectivity index (χ0v) is 14.5. The van der Waals surface area contributed by atoms with E-state index in [1.54, 1.807) is 18.5 Å². The minimum atomic E-state index is -4.37. The molecule has 0 saturated heterocycles. The molecule has 0 aliphatic rings. The molecule has 2 N–H and O–H groups in total. The number of allylic oxidation sites excluding steroid dienone is 1. The summed E-state index contributed by atoms with van der Waals surface area (Å²) in [5.74, 6) is 0.392. The predicted molar refractivity (Wildman–Crippen MR) is 90.2 cm³/mol. The number of nitrogens with zero attached hydrogens (tertiary/aromatic N) is 2. The number of nitrogens with one attached hydrogen (secondary N) is 2. The van der Waals surface area contributed by atoms with Crippen molar-refractivity contribution in [2.45, 2.75) is 19.5 Å². The number of halogens is 3. The molecule has 0 fully saturated rings. The third kappa shape index (κ3) is 5.02. The van der Waals surface area contributed by atoms with Gasteiger partial charge in [0, 0.05) is 26.1 Å². The van der Waals surface area contributed by atoms with Crippen LogP contribution in [0.25, 0.3) is 5.57 Å². The summed E-state index contributed by atoms with van der Waals surface area (Å²) in [6.45, 7) is 2.03. The maximum absolute atomic E-state index is 12.5. The molecule has 1 amide bonds. The first kappa shape index (κ1) is 18.9. The van der Waals surface area contributed by atoms with Crippen LogP contribution in [-0.2, 0) is 24.4 Å². The number of carbonyl (C=O) groups is 1. The van der Waals surface area contributed by atoms with E-state index in [4.69, 9.17) is 12.2 Å². The Morgan fingerprint density at radius 1 is 1.36 bits per heavy atom. The smallest absolute Gasteiger partial charge is 0.352 e. The zero-order chi connectivity index (χ0) is 18.6. The quantitative estimate of drug-likeness (QED) is 0.627. The molecule has 0 atom stereocenters. The van der Waals surface area contributed by atoms with Crippen LogP contribution in [0.4, 0.5) is 13.2 Å². The lowest BCUT2D eigenvalue weighted by Gasteiger charge is -2.08. The van der Waals surface area contributed by atoms with Crippen LogP contribution >= 0.6 is 12.2 Å². The van der Waals surface area contributed by atoms with Crippen molar-refractivity contribution in [3.05, 3.63) is 52.1 Å². The molecule has 1 aromatic heterocycles. The van der Waals surface area contributed by atoms with Gasteiger partial charge in [-0.3, -0.25) is 9.89 Å². The van der Waals surface area contributed by atoms with Gasteiger partial charge in [-0.05, 0) is 42.4 Å². The van der Waals surface area contributed by atoms with Crippen LogP contribution in [0.3, 0.4) is 0 Å². The topological polar surface area (TPSA) is 62.7 Å². The summed E-state index contributed by atoms with van der Waals surface area (Å²) in [5.41, 5.74) is 0.406. The number of amides is 1. The van der Waals surface area contributed by atoms with Crippen molar-refractivity contribution in [3.8, 4) is 0 Å². The normalized spacial score (nSPS) is 12.3. The van der Waals surface area contributed by atoms with E-state index in [1.807, 2.05) is 0 Å². The fraction of sp³-hybridized carbons (Fsp3) is 0.312. The van der Waals surface area contributed by atoms with E-state index in [2.05, 4.69) is 15.5 Å². The summed E-state index contributed by atoms with van der Waals surface area (Å²) in [7, 11) is 1.78. The average molecular weight is 370 g/mol. The summed E-state index contributed by atoms with van der Waals surface area (Å²) in [4.78, 5) is 11.9. The van der Waals surface area contributed by atoms with Gasteiger partial charge in [-0.2, -0.15) is 18.3 Å². The molecule has 0 saturated carbocycles. The third-order valence-corrected chi connectivity index (χ3v) is 4.00. The standard InChI is InChI=1S/C16H17F3N4OS/c1-10(11-3-5-12(6-4-11)16(17,18)19)9-14(24)20-8-7-13-21-22-15(25)23(13)2/h3-6,9H,7-8H2,1-2H3,(H,20,24)(H,22,25)/b10-9+. The maximum Gasteiger partial charge on any atom is 0.416 e. The number of carbonyl (C=O) groups excluding carboxylic acids is 1. The molecule has 2 rings (SSSR count). The Morgan fingerprint density at radius 3 is 2.52 bits per heavy atom. The lowest BCUT2D eigenvalue weighted by molar-refractivity contribution is -0.137. The highest BCUT2D eigenvalue weighted by Gasteiger charge is 2.29. The Morgan fingerprint density at radius 2 is 2.00 bits per heavy atom. The predicted octanol–water partition coefficient (Wildman–Crippen LogP) is 3.26. The molecule has 5 nitrogen and oxygen atoms in total. The molecular formula is C16H17F3N4OS. The Balaban J connectivity index is 1.93. The van der Waals surface area contributed by atoms with Crippen molar-refractivity contribution in [2.24, 2.45) is 7.05 Å². The van der Waals surface area contributed by atoms with E-state index < -0.39 is 11.7 Å². The van der Waals surface area contributed by atoms with Gasteiger partial charge in [0.25, 0.3) is 0 Å². The number of alkyl halides is 3. The summed E-state index contributed by atoms with van der Waals surface area (Å²) in [5, 5.41) is 9.40. The molecule has 0 spiro atoms. The molecule has 9 heteroatoms. The Labute approximate surface area is 147 Å². The Kier molecular flexibility index (Phi) is 5.78. The monoisotopic (exact) mass is 370 g/mol. The second kappa shape index (κ2) is 7.64. The summed E-state index contributed by atoms with van der Waals surface area (Å²) < 4.78 is 39.8. The molecule has 134 valence electrons.